The fourth-order valence-electron chi connectivity index (χ4n) is 2.23. The molecule has 0 fully saturated rings. The zero-order valence-electron chi connectivity index (χ0n) is 14.5. The lowest BCUT2D eigenvalue weighted by Gasteiger charge is -2.21. The second kappa shape index (κ2) is 8.47. The zero-order chi connectivity index (χ0) is 16.0. The van der Waals surface area contributed by atoms with Crippen molar-refractivity contribution in [3.05, 3.63) is 29.3 Å². The van der Waals surface area contributed by atoms with Crippen LogP contribution in [0.4, 0.5) is 5.69 Å². The van der Waals surface area contributed by atoms with E-state index in [4.69, 9.17) is 4.99 Å². The first-order chi connectivity index (χ1) is 9.90. The second-order valence-corrected chi connectivity index (χ2v) is 6.94. The van der Waals surface area contributed by atoms with E-state index in [0.29, 0.717) is 17.9 Å². The van der Waals surface area contributed by atoms with Gasteiger partial charge >= 0.3 is 0 Å². The van der Waals surface area contributed by atoms with E-state index in [1.807, 2.05) is 0 Å². The molecule has 0 aliphatic rings. The average Bonchev–Trinajstić information content (AvgIpc) is 2.45. The highest BCUT2D eigenvalue weighted by Gasteiger charge is 2.15. The van der Waals surface area contributed by atoms with Gasteiger partial charge in [-0.25, -0.2) is 0 Å². The lowest BCUT2D eigenvalue weighted by atomic mass is 9.93. The molecule has 1 aromatic rings. The SMILES string of the molecule is CCC(C)N=C(Nc1c(C(C)C)cccc1C(C)C)SC. The second-order valence-electron chi connectivity index (χ2n) is 6.14. The molecule has 0 heterocycles. The number of rotatable bonds is 5. The Labute approximate surface area is 134 Å². The maximum atomic E-state index is 4.78. The molecule has 1 unspecified atom stereocenters. The van der Waals surface area contributed by atoms with Crippen molar-refractivity contribution in [1.82, 2.24) is 0 Å². The largest absolute Gasteiger partial charge is 0.335 e. The lowest BCUT2D eigenvalue weighted by molar-refractivity contribution is 0.719. The molecule has 118 valence electrons. The molecule has 0 aliphatic heterocycles. The van der Waals surface area contributed by atoms with Crippen molar-refractivity contribution in [3.63, 3.8) is 0 Å². The molecule has 0 aromatic heterocycles. The molecule has 0 spiro atoms. The van der Waals surface area contributed by atoms with E-state index in [-0.39, 0.29) is 0 Å². The summed E-state index contributed by atoms with van der Waals surface area (Å²) in [4.78, 5) is 4.78. The van der Waals surface area contributed by atoms with Crippen molar-refractivity contribution in [2.45, 2.75) is 65.8 Å². The smallest absolute Gasteiger partial charge is 0.161 e. The molecule has 0 amide bonds. The van der Waals surface area contributed by atoms with Gasteiger partial charge in [0, 0.05) is 11.7 Å². The van der Waals surface area contributed by atoms with Crippen molar-refractivity contribution in [2.75, 3.05) is 11.6 Å². The Bertz CT molecular complexity index is 452. The van der Waals surface area contributed by atoms with Gasteiger partial charge in [-0.1, -0.05) is 64.6 Å². The minimum atomic E-state index is 0.355. The molecule has 0 bridgehead atoms. The minimum Gasteiger partial charge on any atom is -0.335 e. The number of nitrogens with zero attached hydrogens (tertiary/aromatic N) is 1. The summed E-state index contributed by atoms with van der Waals surface area (Å²) < 4.78 is 0. The van der Waals surface area contributed by atoms with Crippen LogP contribution in [-0.2, 0) is 0 Å². The number of hydrogen-bond donors (Lipinski definition) is 1. The monoisotopic (exact) mass is 306 g/mol. The van der Waals surface area contributed by atoms with Crippen LogP contribution in [0, 0.1) is 0 Å². The molecule has 0 radical (unpaired) electrons. The number of para-hydroxylation sites is 1. The van der Waals surface area contributed by atoms with Gasteiger partial charge in [0.05, 0.1) is 0 Å². The van der Waals surface area contributed by atoms with Gasteiger partial charge in [-0.3, -0.25) is 4.99 Å². The van der Waals surface area contributed by atoms with Gasteiger partial charge < -0.3 is 5.32 Å². The zero-order valence-corrected chi connectivity index (χ0v) is 15.3. The van der Waals surface area contributed by atoms with Crippen molar-refractivity contribution >= 4 is 22.6 Å². The highest BCUT2D eigenvalue weighted by atomic mass is 32.2. The molecule has 2 nitrogen and oxygen atoms in total. The van der Waals surface area contributed by atoms with Gasteiger partial charge in [-0.15, -0.1) is 0 Å². The van der Waals surface area contributed by atoms with E-state index in [9.17, 15) is 0 Å². The van der Waals surface area contributed by atoms with Gasteiger partial charge in [0.2, 0.25) is 0 Å². The Kier molecular flexibility index (Phi) is 7.30. The normalized spacial score (nSPS) is 13.9. The van der Waals surface area contributed by atoms with E-state index < -0.39 is 0 Å². The van der Waals surface area contributed by atoms with Gasteiger partial charge in [-0.2, -0.15) is 0 Å². The van der Waals surface area contributed by atoms with Crippen LogP contribution in [-0.4, -0.2) is 17.5 Å². The number of anilines is 1. The van der Waals surface area contributed by atoms with Crippen molar-refractivity contribution < 1.29 is 0 Å². The Balaban J connectivity index is 3.23. The maximum Gasteiger partial charge on any atom is 0.161 e. The van der Waals surface area contributed by atoms with E-state index in [1.165, 1.54) is 16.8 Å². The first-order valence-corrected chi connectivity index (χ1v) is 9.14. The quantitative estimate of drug-likeness (QED) is 0.544. The van der Waals surface area contributed by atoms with Gasteiger partial charge in [0.25, 0.3) is 0 Å². The third-order valence-electron chi connectivity index (χ3n) is 3.73. The predicted octanol–water partition coefficient (Wildman–Crippen LogP) is 5.86. The molecule has 1 atom stereocenters. The first kappa shape index (κ1) is 18.1. The number of nitrogens with one attached hydrogen (secondary N) is 1. The molecule has 0 saturated heterocycles. The van der Waals surface area contributed by atoms with Crippen molar-refractivity contribution in [1.29, 1.82) is 0 Å². The minimum absolute atomic E-state index is 0.355. The number of benzene rings is 1. The molecule has 0 aliphatic carbocycles. The summed E-state index contributed by atoms with van der Waals surface area (Å²) >= 11 is 1.69. The summed E-state index contributed by atoms with van der Waals surface area (Å²) in [6.45, 7) is 13.3. The third-order valence-corrected chi connectivity index (χ3v) is 4.32. The average molecular weight is 307 g/mol. The van der Waals surface area contributed by atoms with Crippen LogP contribution < -0.4 is 5.32 Å². The molecule has 1 rings (SSSR count). The highest BCUT2D eigenvalue weighted by Crippen LogP contribution is 2.33. The van der Waals surface area contributed by atoms with Crippen LogP contribution in [0.3, 0.4) is 0 Å². The van der Waals surface area contributed by atoms with Crippen LogP contribution in [0.1, 0.15) is 70.9 Å². The fourth-order valence-corrected chi connectivity index (χ4v) is 2.72. The Morgan fingerprint density at radius 1 is 1.10 bits per heavy atom. The van der Waals surface area contributed by atoms with Crippen molar-refractivity contribution in [2.24, 2.45) is 4.99 Å². The van der Waals surface area contributed by atoms with Gasteiger partial charge in [-0.05, 0) is 42.6 Å². The predicted molar refractivity (Wildman–Crippen MR) is 98.9 cm³/mol. The number of thioether (sulfide) groups is 1. The summed E-state index contributed by atoms with van der Waals surface area (Å²) in [6.07, 6.45) is 3.15. The summed E-state index contributed by atoms with van der Waals surface area (Å²) in [5.41, 5.74) is 3.98. The standard InChI is InChI=1S/C18H30N2S/c1-8-14(6)19-18(21-7)20-17-15(12(2)3)10-9-11-16(17)13(4)5/h9-14H,8H2,1-7H3,(H,19,20). The Morgan fingerprint density at radius 2 is 1.62 bits per heavy atom. The molecule has 21 heavy (non-hydrogen) atoms. The highest BCUT2D eigenvalue weighted by molar-refractivity contribution is 8.13. The van der Waals surface area contributed by atoms with Crippen LogP contribution in [0.15, 0.2) is 23.2 Å². The number of hydrogen-bond acceptors (Lipinski definition) is 2. The molecule has 3 heteroatoms. The van der Waals surface area contributed by atoms with E-state index in [1.54, 1.807) is 11.8 Å². The van der Waals surface area contributed by atoms with Gasteiger partial charge in [0.15, 0.2) is 5.17 Å². The van der Waals surface area contributed by atoms with Crippen LogP contribution in [0.5, 0.6) is 0 Å². The van der Waals surface area contributed by atoms with E-state index in [0.717, 1.165) is 11.6 Å². The summed E-state index contributed by atoms with van der Waals surface area (Å²) in [7, 11) is 0. The molecular weight excluding hydrogens is 276 g/mol. The molecule has 1 aromatic carbocycles. The fraction of sp³-hybridized carbons (Fsp3) is 0.611. The number of amidine groups is 1. The van der Waals surface area contributed by atoms with Crippen LogP contribution >= 0.6 is 11.8 Å². The summed E-state index contributed by atoms with van der Waals surface area (Å²) in [6, 6.07) is 6.97. The molecule has 1 N–H and O–H groups in total. The number of aliphatic imine (C=N–C) groups is 1. The maximum absolute atomic E-state index is 4.78. The van der Waals surface area contributed by atoms with E-state index >= 15 is 0 Å². The topological polar surface area (TPSA) is 24.4 Å². The summed E-state index contributed by atoms with van der Waals surface area (Å²) in [5, 5.41) is 4.62. The summed E-state index contributed by atoms with van der Waals surface area (Å²) in [5.74, 6) is 0.996. The lowest BCUT2D eigenvalue weighted by Crippen LogP contribution is -2.15. The Morgan fingerprint density at radius 3 is 2.00 bits per heavy atom. The third kappa shape index (κ3) is 5.06. The van der Waals surface area contributed by atoms with Crippen LogP contribution in [0.2, 0.25) is 0 Å². The Hall–Kier alpha value is -0.960. The first-order valence-electron chi connectivity index (χ1n) is 7.92. The van der Waals surface area contributed by atoms with E-state index in [2.05, 4.69) is 71.3 Å². The molecular formula is C18H30N2S. The van der Waals surface area contributed by atoms with Gasteiger partial charge in [0.1, 0.15) is 0 Å². The molecule has 0 saturated carbocycles. The van der Waals surface area contributed by atoms with Crippen LogP contribution in [0.25, 0.3) is 0 Å². The van der Waals surface area contributed by atoms with Crippen molar-refractivity contribution in [3.8, 4) is 0 Å².